The number of hydrogen-bond acceptors (Lipinski definition) is 4. The third-order valence-electron chi connectivity index (χ3n) is 5.66. The van der Waals surface area contributed by atoms with Crippen molar-refractivity contribution in [1.82, 2.24) is 4.90 Å². The quantitative estimate of drug-likeness (QED) is 0.839. The lowest BCUT2D eigenvalue weighted by molar-refractivity contribution is -0.0323. The van der Waals surface area contributed by atoms with Crippen molar-refractivity contribution in [3.63, 3.8) is 0 Å². The van der Waals surface area contributed by atoms with Crippen molar-refractivity contribution in [2.75, 3.05) is 20.2 Å². The topological polar surface area (TPSA) is 52.9 Å². The van der Waals surface area contributed by atoms with Crippen molar-refractivity contribution in [3.05, 3.63) is 35.3 Å². The van der Waals surface area contributed by atoms with Gasteiger partial charge in [-0.25, -0.2) is 0 Å². The van der Waals surface area contributed by atoms with E-state index in [0.29, 0.717) is 17.6 Å². The van der Waals surface area contributed by atoms with Gasteiger partial charge in [-0.3, -0.25) is 4.90 Å². The highest BCUT2D eigenvalue weighted by Crippen LogP contribution is 2.44. The molecule has 4 heteroatoms. The Morgan fingerprint density at radius 2 is 2.17 bits per heavy atom. The summed E-state index contributed by atoms with van der Waals surface area (Å²) in [6.45, 7) is 10.5. The van der Waals surface area contributed by atoms with Crippen molar-refractivity contribution in [2.45, 2.75) is 45.3 Å². The van der Waals surface area contributed by atoms with E-state index in [0.717, 1.165) is 37.9 Å². The molecule has 0 spiro atoms. The van der Waals surface area contributed by atoms with Gasteiger partial charge in [-0.05, 0) is 42.7 Å². The Balaban J connectivity index is 1.82. The molecule has 2 saturated heterocycles. The van der Waals surface area contributed by atoms with Crippen LogP contribution in [0.15, 0.2) is 35.3 Å². The smallest absolute Gasteiger partial charge is 0.160 e. The molecule has 1 aliphatic carbocycles. The molecule has 3 rings (SSSR count). The second-order valence-electron chi connectivity index (χ2n) is 7.64. The van der Waals surface area contributed by atoms with Crippen molar-refractivity contribution >= 4 is 0 Å². The summed E-state index contributed by atoms with van der Waals surface area (Å²) in [5, 5.41) is 21.0. The minimum Gasteiger partial charge on any atom is -0.504 e. The number of ether oxygens (including phenoxy) is 1. The zero-order valence-electron chi connectivity index (χ0n) is 14.5. The maximum absolute atomic E-state index is 10.6. The SMILES string of the molecule is C=C1C(O)=C(OC)C=C2CCN3CC(CC(C)C)C(O)CC3C12. The Morgan fingerprint density at radius 1 is 1.43 bits per heavy atom. The van der Waals surface area contributed by atoms with E-state index in [2.05, 4.69) is 25.3 Å². The first kappa shape index (κ1) is 16.6. The molecule has 3 aliphatic rings. The van der Waals surface area contributed by atoms with E-state index >= 15 is 0 Å². The number of nitrogens with zero attached hydrogens (tertiary/aromatic N) is 1. The molecular weight excluding hydrogens is 290 g/mol. The molecule has 2 aliphatic heterocycles. The number of fused-ring (bicyclic) bond motifs is 3. The first-order valence-electron chi connectivity index (χ1n) is 8.71. The number of allylic oxidation sites excluding steroid dienone is 2. The largest absolute Gasteiger partial charge is 0.504 e. The number of piperidine rings is 2. The Morgan fingerprint density at radius 3 is 2.83 bits per heavy atom. The van der Waals surface area contributed by atoms with Gasteiger partial charge in [0.25, 0.3) is 0 Å². The number of hydrogen-bond donors (Lipinski definition) is 2. The van der Waals surface area contributed by atoms with Crippen molar-refractivity contribution in [1.29, 1.82) is 0 Å². The number of aliphatic hydroxyl groups excluding tert-OH is 2. The molecule has 0 saturated carbocycles. The van der Waals surface area contributed by atoms with Gasteiger partial charge < -0.3 is 14.9 Å². The second kappa shape index (κ2) is 6.33. The molecule has 2 fully saturated rings. The van der Waals surface area contributed by atoms with E-state index < -0.39 is 0 Å². The predicted octanol–water partition coefficient (Wildman–Crippen LogP) is 3.02. The average Bonchev–Trinajstić information content (AvgIpc) is 2.50. The van der Waals surface area contributed by atoms with Crippen LogP contribution in [0.2, 0.25) is 0 Å². The molecule has 4 nitrogen and oxygen atoms in total. The summed E-state index contributed by atoms with van der Waals surface area (Å²) in [5.41, 5.74) is 2.02. The lowest BCUT2D eigenvalue weighted by Gasteiger charge is -2.50. The molecule has 4 unspecified atom stereocenters. The lowest BCUT2D eigenvalue weighted by Crippen LogP contribution is -2.56. The number of rotatable bonds is 3. The van der Waals surface area contributed by atoms with Crippen LogP contribution >= 0.6 is 0 Å². The van der Waals surface area contributed by atoms with E-state index in [4.69, 9.17) is 4.74 Å². The van der Waals surface area contributed by atoms with Crippen molar-refractivity contribution in [3.8, 4) is 0 Å². The monoisotopic (exact) mass is 319 g/mol. The Bertz CT molecular complexity index is 549. The summed E-state index contributed by atoms with van der Waals surface area (Å²) in [6, 6.07) is 0.237. The second-order valence-corrected chi connectivity index (χ2v) is 7.64. The van der Waals surface area contributed by atoms with Crippen molar-refractivity contribution < 1.29 is 14.9 Å². The fourth-order valence-electron chi connectivity index (χ4n) is 4.58. The highest BCUT2D eigenvalue weighted by Gasteiger charge is 2.45. The lowest BCUT2D eigenvalue weighted by atomic mass is 9.70. The van der Waals surface area contributed by atoms with Crippen LogP contribution in [0.4, 0.5) is 0 Å². The maximum atomic E-state index is 10.6. The standard InChI is InChI=1S/C19H29NO3/c1-11(2)7-14-10-20-6-5-13-8-17(23-4)19(22)12(3)18(13)15(20)9-16(14)21/h8,11,14-16,18,21-22H,3,5-7,9-10H2,1-2,4H3. The van der Waals surface area contributed by atoms with Gasteiger partial charge in [-0.15, -0.1) is 0 Å². The summed E-state index contributed by atoms with van der Waals surface area (Å²) >= 11 is 0. The highest BCUT2D eigenvalue weighted by atomic mass is 16.5. The van der Waals surface area contributed by atoms with Crippen LogP contribution in [0, 0.1) is 17.8 Å². The van der Waals surface area contributed by atoms with Crippen molar-refractivity contribution in [2.24, 2.45) is 17.8 Å². The average molecular weight is 319 g/mol. The fourth-order valence-corrected chi connectivity index (χ4v) is 4.58. The molecule has 0 aromatic carbocycles. The summed E-state index contributed by atoms with van der Waals surface area (Å²) in [7, 11) is 1.58. The van der Waals surface area contributed by atoms with E-state index in [9.17, 15) is 10.2 Å². The summed E-state index contributed by atoms with van der Waals surface area (Å²) in [5.74, 6) is 1.75. The van der Waals surface area contributed by atoms with Crippen LogP contribution in [0.3, 0.4) is 0 Å². The minimum absolute atomic E-state index is 0.109. The van der Waals surface area contributed by atoms with E-state index in [1.807, 2.05) is 6.08 Å². The first-order valence-corrected chi connectivity index (χ1v) is 8.71. The van der Waals surface area contributed by atoms with Crippen LogP contribution in [-0.2, 0) is 4.74 Å². The maximum Gasteiger partial charge on any atom is 0.160 e. The zero-order chi connectivity index (χ0) is 16.7. The summed E-state index contributed by atoms with van der Waals surface area (Å²) in [4.78, 5) is 2.50. The third kappa shape index (κ3) is 2.94. The summed E-state index contributed by atoms with van der Waals surface area (Å²) < 4.78 is 5.27. The van der Waals surface area contributed by atoms with Crippen LogP contribution in [-0.4, -0.2) is 47.5 Å². The van der Waals surface area contributed by atoms with Crippen LogP contribution in [0.5, 0.6) is 0 Å². The molecule has 0 radical (unpaired) electrons. The third-order valence-corrected chi connectivity index (χ3v) is 5.66. The molecule has 0 bridgehead atoms. The van der Waals surface area contributed by atoms with Gasteiger partial charge in [-0.2, -0.15) is 0 Å². The fraction of sp³-hybridized carbons (Fsp3) is 0.684. The summed E-state index contributed by atoms with van der Waals surface area (Å²) in [6.07, 6.45) is 4.51. The van der Waals surface area contributed by atoms with E-state index in [1.165, 1.54) is 5.57 Å². The molecule has 23 heavy (non-hydrogen) atoms. The van der Waals surface area contributed by atoms with Crippen LogP contribution in [0.1, 0.15) is 33.1 Å². The Labute approximate surface area is 139 Å². The molecule has 0 amide bonds. The van der Waals surface area contributed by atoms with Gasteiger partial charge in [0.15, 0.2) is 11.5 Å². The number of methoxy groups -OCH3 is 1. The highest BCUT2D eigenvalue weighted by molar-refractivity contribution is 5.45. The number of aliphatic hydroxyl groups is 2. The van der Waals surface area contributed by atoms with Crippen LogP contribution < -0.4 is 0 Å². The molecule has 0 aromatic heterocycles. The normalized spacial score (nSPS) is 35.0. The van der Waals surface area contributed by atoms with Crippen LogP contribution in [0.25, 0.3) is 0 Å². The molecule has 0 aromatic rings. The predicted molar refractivity (Wildman–Crippen MR) is 90.9 cm³/mol. The molecule has 2 N–H and O–H groups in total. The zero-order valence-corrected chi connectivity index (χ0v) is 14.5. The van der Waals surface area contributed by atoms with Gasteiger partial charge in [0.1, 0.15) is 0 Å². The molecule has 128 valence electrons. The Hall–Kier alpha value is -1.26. The van der Waals surface area contributed by atoms with Gasteiger partial charge in [0.2, 0.25) is 0 Å². The molecule has 2 heterocycles. The van der Waals surface area contributed by atoms with E-state index in [1.54, 1.807) is 7.11 Å². The molecular formula is C19H29NO3. The van der Waals surface area contributed by atoms with Gasteiger partial charge in [-0.1, -0.05) is 26.0 Å². The van der Waals surface area contributed by atoms with Gasteiger partial charge in [0.05, 0.1) is 13.2 Å². The van der Waals surface area contributed by atoms with Gasteiger partial charge in [0, 0.05) is 25.0 Å². The minimum atomic E-state index is -0.263. The first-order chi connectivity index (χ1) is 10.9. The Kier molecular flexibility index (Phi) is 4.56. The molecule has 4 atom stereocenters. The van der Waals surface area contributed by atoms with Gasteiger partial charge >= 0.3 is 0 Å². The van der Waals surface area contributed by atoms with E-state index in [-0.39, 0.29) is 23.8 Å².